The van der Waals surface area contributed by atoms with Gasteiger partial charge in [0.2, 0.25) is 0 Å². The molecule has 2 rings (SSSR count). The van der Waals surface area contributed by atoms with Crippen molar-refractivity contribution < 1.29 is 4.79 Å². The third-order valence-corrected chi connectivity index (χ3v) is 3.05. The average molecular weight is 272 g/mol. The van der Waals surface area contributed by atoms with E-state index >= 15 is 0 Å². The summed E-state index contributed by atoms with van der Waals surface area (Å²) in [5.74, 6) is 0.0734. The number of aromatic nitrogens is 1. The Morgan fingerprint density at radius 2 is 2.33 bits per heavy atom. The lowest BCUT2D eigenvalue weighted by Gasteiger charge is -2.36. The van der Waals surface area contributed by atoms with E-state index in [1.165, 1.54) is 0 Å². The Morgan fingerprint density at radius 3 is 2.87 bits per heavy atom. The molecule has 2 N–H and O–H groups in total. The number of amides is 1. The van der Waals surface area contributed by atoms with Crippen molar-refractivity contribution in [2.75, 3.05) is 13.1 Å². The summed E-state index contributed by atoms with van der Waals surface area (Å²) in [5.41, 5.74) is 6.38. The second-order valence-corrected chi connectivity index (χ2v) is 4.72. The van der Waals surface area contributed by atoms with Crippen LogP contribution in [-0.2, 0) is 6.54 Å². The zero-order chi connectivity index (χ0) is 11.0. The number of hydrogen-bond donors (Lipinski definition) is 1. The number of nitrogens with two attached hydrogens (primary N) is 1. The zero-order valence-corrected chi connectivity index (χ0v) is 10.2. The Labute approximate surface area is 97.2 Å². The minimum atomic E-state index is 0.0734. The van der Waals surface area contributed by atoms with Crippen molar-refractivity contribution >= 4 is 21.8 Å². The molecule has 1 saturated heterocycles. The number of nitrogens with zero attached hydrogens (tertiary/aromatic N) is 2. The summed E-state index contributed by atoms with van der Waals surface area (Å²) in [4.78, 5) is 13.8. The van der Waals surface area contributed by atoms with Crippen LogP contribution >= 0.6 is 15.9 Å². The fourth-order valence-electron chi connectivity index (χ4n) is 1.76. The highest BCUT2D eigenvalue weighted by atomic mass is 79.9. The van der Waals surface area contributed by atoms with Gasteiger partial charge in [-0.15, -0.1) is 0 Å². The van der Waals surface area contributed by atoms with E-state index in [0.29, 0.717) is 13.1 Å². The molecule has 1 aliphatic heterocycles. The van der Waals surface area contributed by atoms with Crippen molar-refractivity contribution in [2.24, 2.45) is 5.73 Å². The summed E-state index contributed by atoms with van der Waals surface area (Å²) >= 11 is 3.38. The second-order valence-electron chi connectivity index (χ2n) is 3.80. The molecular formula is C10H14BrN3O. The molecule has 1 fully saturated rings. The molecule has 15 heavy (non-hydrogen) atoms. The quantitative estimate of drug-likeness (QED) is 0.875. The summed E-state index contributed by atoms with van der Waals surface area (Å²) in [6.07, 6.45) is 1.92. The Bertz CT molecular complexity index is 382. The lowest BCUT2D eigenvalue weighted by Crippen LogP contribution is -2.58. The van der Waals surface area contributed by atoms with Gasteiger partial charge in [-0.25, -0.2) is 0 Å². The molecule has 0 aliphatic carbocycles. The van der Waals surface area contributed by atoms with Gasteiger partial charge in [-0.3, -0.25) is 4.79 Å². The van der Waals surface area contributed by atoms with Gasteiger partial charge in [0.1, 0.15) is 5.69 Å². The zero-order valence-electron chi connectivity index (χ0n) is 8.61. The van der Waals surface area contributed by atoms with E-state index in [-0.39, 0.29) is 11.9 Å². The first-order chi connectivity index (χ1) is 7.11. The minimum Gasteiger partial charge on any atom is -0.343 e. The first kappa shape index (κ1) is 10.7. The molecule has 1 amide bonds. The maximum atomic E-state index is 12.0. The van der Waals surface area contributed by atoms with Crippen LogP contribution in [0.5, 0.6) is 0 Å². The molecule has 1 aromatic heterocycles. The van der Waals surface area contributed by atoms with E-state index in [2.05, 4.69) is 15.9 Å². The van der Waals surface area contributed by atoms with Crippen LogP contribution in [-0.4, -0.2) is 34.5 Å². The molecule has 0 aromatic carbocycles. The van der Waals surface area contributed by atoms with Gasteiger partial charge in [0.15, 0.2) is 0 Å². The maximum absolute atomic E-state index is 12.0. The molecule has 1 aromatic rings. The van der Waals surface area contributed by atoms with Gasteiger partial charge in [-0.05, 0) is 28.9 Å². The van der Waals surface area contributed by atoms with Gasteiger partial charge in [-0.1, -0.05) is 0 Å². The first-order valence-corrected chi connectivity index (χ1v) is 5.81. The van der Waals surface area contributed by atoms with Crippen molar-refractivity contribution in [3.63, 3.8) is 0 Å². The van der Waals surface area contributed by atoms with Gasteiger partial charge in [0.25, 0.3) is 5.91 Å². The smallest absolute Gasteiger partial charge is 0.270 e. The van der Waals surface area contributed by atoms with Crippen molar-refractivity contribution in [1.29, 1.82) is 0 Å². The number of rotatable bonds is 2. The summed E-state index contributed by atoms with van der Waals surface area (Å²) in [6, 6.07) is 2.01. The number of hydrogen-bond acceptors (Lipinski definition) is 2. The molecule has 0 atom stereocenters. The normalized spacial score (nSPS) is 16.6. The van der Waals surface area contributed by atoms with E-state index < -0.39 is 0 Å². The van der Waals surface area contributed by atoms with Crippen LogP contribution in [0.2, 0.25) is 0 Å². The lowest BCUT2D eigenvalue weighted by atomic mass is 10.1. The topological polar surface area (TPSA) is 51.3 Å². The number of likely N-dealkylation sites (tertiary alicyclic amines) is 1. The van der Waals surface area contributed by atoms with E-state index in [4.69, 9.17) is 5.73 Å². The second kappa shape index (κ2) is 3.98. The lowest BCUT2D eigenvalue weighted by molar-refractivity contribution is 0.0597. The summed E-state index contributed by atoms with van der Waals surface area (Å²) < 4.78 is 2.88. The maximum Gasteiger partial charge on any atom is 0.270 e. The molecule has 0 spiro atoms. The predicted octanol–water partition coefficient (Wildman–Crippen LogP) is 1.05. The Balaban J connectivity index is 2.17. The Morgan fingerprint density at radius 1 is 1.67 bits per heavy atom. The average Bonchev–Trinajstić information content (AvgIpc) is 2.53. The molecule has 0 radical (unpaired) electrons. The molecule has 0 bridgehead atoms. The number of halogens is 1. The molecule has 0 unspecified atom stereocenters. The first-order valence-electron chi connectivity index (χ1n) is 5.02. The molecule has 82 valence electrons. The van der Waals surface area contributed by atoms with Crippen LogP contribution < -0.4 is 5.73 Å². The molecule has 1 aliphatic rings. The summed E-state index contributed by atoms with van der Waals surface area (Å²) in [6.45, 7) is 4.16. The standard InChI is InChI=1S/C10H14BrN3O/c1-2-13-4-7(11)3-9(13)10(15)14-5-8(12)6-14/h3-4,8H,2,5-6,12H2,1H3. The molecule has 4 nitrogen and oxygen atoms in total. The van der Waals surface area contributed by atoms with Gasteiger partial charge in [-0.2, -0.15) is 0 Å². The van der Waals surface area contributed by atoms with Gasteiger partial charge < -0.3 is 15.2 Å². The van der Waals surface area contributed by atoms with Crippen LogP contribution in [0.3, 0.4) is 0 Å². The van der Waals surface area contributed by atoms with Crippen LogP contribution in [0.4, 0.5) is 0 Å². The molecule has 0 saturated carbocycles. The number of carbonyl (C=O) groups excluding carboxylic acids is 1. The van der Waals surface area contributed by atoms with Crippen molar-refractivity contribution in [3.05, 3.63) is 22.4 Å². The minimum absolute atomic E-state index is 0.0734. The van der Waals surface area contributed by atoms with Crippen LogP contribution in [0.25, 0.3) is 0 Å². The van der Waals surface area contributed by atoms with Crippen molar-refractivity contribution in [2.45, 2.75) is 19.5 Å². The molecule has 5 heteroatoms. The number of carbonyl (C=O) groups is 1. The highest BCUT2D eigenvalue weighted by Gasteiger charge is 2.29. The molecule has 2 heterocycles. The summed E-state index contributed by atoms with van der Waals surface area (Å²) in [5, 5.41) is 0. The summed E-state index contributed by atoms with van der Waals surface area (Å²) in [7, 11) is 0. The van der Waals surface area contributed by atoms with E-state index in [0.717, 1.165) is 16.7 Å². The largest absolute Gasteiger partial charge is 0.343 e. The van der Waals surface area contributed by atoms with Crippen molar-refractivity contribution in [1.82, 2.24) is 9.47 Å². The van der Waals surface area contributed by atoms with Crippen LogP contribution in [0.1, 0.15) is 17.4 Å². The Kier molecular flexibility index (Phi) is 2.84. The van der Waals surface area contributed by atoms with Gasteiger partial charge in [0.05, 0.1) is 0 Å². The molecular weight excluding hydrogens is 258 g/mol. The fourth-order valence-corrected chi connectivity index (χ4v) is 2.22. The third kappa shape index (κ3) is 1.94. The Hall–Kier alpha value is -0.810. The van der Waals surface area contributed by atoms with Crippen molar-refractivity contribution in [3.8, 4) is 0 Å². The van der Waals surface area contributed by atoms with Crippen LogP contribution in [0.15, 0.2) is 16.7 Å². The van der Waals surface area contributed by atoms with E-state index in [9.17, 15) is 4.79 Å². The highest BCUT2D eigenvalue weighted by molar-refractivity contribution is 9.10. The van der Waals surface area contributed by atoms with E-state index in [1.54, 1.807) is 4.90 Å². The number of aryl methyl sites for hydroxylation is 1. The van der Waals surface area contributed by atoms with Gasteiger partial charge >= 0.3 is 0 Å². The van der Waals surface area contributed by atoms with Crippen LogP contribution in [0, 0.1) is 0 Å². The van der Waals surface area contributed by atoms with E-state index in [1.807, 2.05) is 23.8 Å². The fraction of sp³-hybridized carbons (Fsp3) is 0.500. The third-order valence-electron chi connectivity index (χ3n) is 2.62. The predicted molar refractivity (Wildman–Crippen MR) is 61.7 cm³/mol. The monoisotopic (exact) mass is 271 g/mol. The highest BCUT2D eigenvalue weighted by Crippen LogP contribution is 2.18. The van der Waals surface area contributed by atoms with Gasteiger partial charge in [0, 0.05) is 36.3 Å². The SMILES string of the molecule is CCn1cc(Br)cc1C(=O)N1CC(N)C1.